The van der Waals surface area contributed by atoms with Gasteiger partial charge in [0.25, 0.3) is 5.91 Å². The van der Waals surface area contributed by atoms with Crippen LogP contribution in [0, 0.1) is 13.8 Å². The molecule has 0 saturated carbocycles. The van der Waals surface area contributed by atoms with Crippen LogP contribution in [-0.2, 0) is 0 Å². The molecule has 2 heterocycles. The number of nitrogens with zero attached hydrogens (tertiary/aromatic N) is 2. The van der Waals surface area contributed by atoms with E-state index in [0.29, 0.717) is 18.7 Å². The standard InChI is InChI=1S/C17H20N2O2/c1-11-5-6-16-13(8-11)9-15(12(2)18-16)17(21)19-7-3-4-14(20)10-19/h5-6,8-9,14,20H,3-4,7,10H2,1-2H3. The molecule has 1 N–H and O–H groups in total. The number of aliphatic hydroxyl groups excluding tert-OH is 1. The van der Waals surface area contributed by atoms with Gasteiger partial charge in [0.1, 0.15) is 0 Å². The van der Waals surface area contributed by atoms with E-state index >= 15 is 0 Å². The number of piperidine rings is 1. The number of hydrogen-bond acceptors (Lipinski definition) is 3. The van der Waals surface area contributed by atoms with Crippen LogP contribution in [0.2, 0.25) is 0 Å². The summed E-state index contributed by atoms with van der Waals surface area (Å²) in [6.07, 6.45) is 1.22. The Labute approximate surface area is 124 Å². The second-order valence-electron chi connectivity index (χ2n) is 5.86. The van der Waals surface area contributed by atoms with Gasteiger partial charge in [0, 0.05) is 18.5 Å². The fourth-order valence-corrected chi connectivity index (χ4v) is 2.92. The van der Waals surface area contributed by atoms with Gasteiger partial charge >= 0.3 is 0 Å². The molecule has 1 fully saturated rings. The summed E-state index contributed by atoms with van der Waals surface area (Å²) in [5.41, 5.74) is 3.45. The molecule has 3 rings (SSSR count). The van der Waals surface area contributed by atoms with Crippen LogP contribution in [0.15, 0.2) is 24.3 Å². The van der Waals surface area contributed by atoms with Crippen LogP contribution in [0.25, 0.3) is 10.9 Å². The average molecular weight is 284 g/mol. The Hall–Kier alpha value is -1.94. The topological polar surface area (TPSA) is 53.4 Å². The molecule has 1 unspecified atom stereocenters. The number of β-amino-alcohol motifs (C(OH)–C–C–N with tert-alkyl or cyclic N) is 1. The smallest absolute Gasteiger partial charge is 0.255 e. The summed E-state index contributed by atoms with van der Waals surface area (Å²) in [6.45, 7) is 5.03. The highest BCUT2D eigenvalue weighted by molar-refractivity contribution is 5.98. The molecule has 0 aliphatic carbocycles. The van der Waals surface area contributed by atoms with Gasteiger partial charge in [-0.15, -0.1) is 0 Å². The maximum Gasteiger partial charge on any atom is 0.255 e. The molecule has 1 aromatic heterocycles. The van der Waals surface area contributed by atoms with Crippen LogP contribution < -0.4 is 0 Å². The van der Waals surface area contributed by atoms with Crippen LogP contribution in [0.4, 0.5) is 0 Å². The first-order chi connectivity index (χ1) is 10.0. The molecule has 2 aromatic rings. The van der Waals surface area contributed by atoms with E-state index in [4.69, 9.17) is 0 Å². The number of amides is 1. The van der Waals surface area contributed by atoms with Gasteiger partial charge in [0.05, 0.1) is 22.9 Å². The van der Waals surface area contributed by atoms with E-state index in [1.807, 2.05) is 38.1 Å². The molecular formula is C17H20N2O2. The van der Waals surface area contributed by atoms with E-state index < -0.39 is 6.10 Å². The lowest BCUT2D eigenvalue weighted by Crippen LogP contribution is -2.42. The molecule has 1 aromatic carbocycles. The van der Waals surface area contributed by atoms with Crippen molar-refractivity contribution in [3.63, 3.8) is 0 Å². The Morgan fingerprint density at radius 3 is 2.90 bits per heavy atom. The number of aryl methyl sites for hydroxylation is 2. The van der Waals surface area contributed by atoms with E-state index in [2.05, 4.69) is 4.98 Å². The number of likely N-dealkylation sites (tertiary alicyclic amines) is 1. The summed E-state index contributed by atoms with van der Waals surface area (Å²) in [5, 5.41) is 10.7. The summed E-state index contributed by atoms with van der Waals surface area (Å²) < 4.78 is 0. The lowest BCUT2D eigenvalue weighted by atomic mass is 10.0. The molecule has 1 aliphatic rings. The minimum atomic E-state index is -0.404. The van der Waals surface area contributed by atoms with Gasteiger partial charge in [0.2, 0.25) is 0 Å². The zero-order valence-electron chi connectivity index (χ0n) is 12.5. The van der Waals surface area contributed by atoms with Crippen molar-refractivity contribution in [2.45, 2.75) is 32.8 Å². The van der Waals surface area contributed by atoms with Crippen LogP contribution in [0.3, 0.4) is 0 Å². The summed E-state index contributed by atoms with van der Waals surface area (Å²) >= 11 is 0. The number of hydrogen-bond donors (Lipinski definition) is 1. The second-order valence-corrected chi connectivity index (χ2v) is 5.86. The van der Waals surface area contributed by atoms with Gasteiger partial charge in [-0.1, -0.05) is 11.6 Å². The Bertz CT molecular complexity index is 696. The summed E-state index contributed by atoms with van der Waals surface area (Å²) in [7, 11) is 0. The van der Waals surface area contributed by atoms with Crippen molar-refractivity contribution in [1.82, 2.24) is 9.88 Å². The Morgan fingerprint density at radius 2 is 2.14 bits per heavy atom. The minimum Gasteiger partial charge on any atom is -0.391 e. The maximum absolute atomic E-state index is 12.7. The number of carbonyl (C=O) groups is 1. The molecule has 0 spiro atoms. The molecule has 1 amide bonds. The first kappa shape index (κ1) is 14.0. The summed E-state index contributed by atoms with van der Waals surface area (Å²) in [6, 6.07) is 7.98. The summed E-state index contributed by atoms with van der Waals surface area (Å²) in [4.78, 5) is 18.9. The lowest BCUT2D eigenvalue weighted by Gasteiger charge is -2.30. The fourth-order valence-electron chi connectivity index (χ4n) is 2.92. The number of pyridine rings is 1. The van der Waals surface area contributed by atoms with E-state index in [0.717, 1.165) is 35.0 Å². The van der Waals surface area contributed by atoms with Gasteiger partial charge in [0.15, 0.2) is 0 Å². The highest BCUT2D eigenvalue weighted by Gasteiger charge is 2.24. The quantitative estimate of drug-likeness (QED) is 0.875. The Balaban J connectivity index is 1.98. The first-order valence-electron chi connectivity index (χ1n) is 7.40. The van der Waals surface area contributed by atoms with Crippen LogP contribution in [0.1, 0.15) is 34.5 Å². The van der Waals surface area contributed by atoms with Crippen molar-refractivity contribution < 1.29 is 9.90 Å². The number of aromatic nitrogens is 1. The largest absolute Gasteiger partial charge is 0.391 e. The molecule has 1 atom stereocenters. The minimum absolute atomic E-state index is 0.0258. The van der Waals surface area contributed by atoms with Gasteiger partial charge in [-0.25, -0.2) is 0 Å². The molecule has 1 saturated heterocycles. The molecule has 0 bridgehead atoms. The number of benzene rings is 1. The van der Waals surface area contributed by atoms with Crippen molar-refractivity contribution in [3.05, 3.63) is 41.1 Å². The molecule has 21 heavy (non-hydrogen) atoms. The zero-order valence-corrected chi connectivity index (χ0v) is 12.5. The SMILES string of the molecule is Cc1ccc2nc(C)c(C(=O)N3CCCC(O)C3)cc2c1. The average Bonchev–Trinajstić information content (AvgIpc) is 2.46. The first-order valence-corrected chi connectivity index (χ1v) is 7.40. The number of rotatable bonds is 1. The van der Waals surface area contributed by atoms with Gasteiger partial charge in [-0.3, -0.25) is 9.78 Å². The summed E-state index contributed by atoms with van der Waals surface area (Å²) in [5.74, 6) is -0.0258. The van der Waals surface area contributed by atoms with Crippen LogP contribution in [-0.4, -0.2) is 40.1 Å². The molecule has 0 radical (unpaired) electrons. The third-order valence-corrected chi connectivity index (χ3v) is 4.07. The van der Waals surface area contributed by atoms with E-state index in [-0.39, 0.29) is 5.91 Å². The molecule has 4 nitrogen and oxygen atoms in total. The van der Waals surface area contributed by atoms with E-state index in [9.17, 15) is 9.90 Å². The number of fused-ring (bicyclic) bond motifs is 1. The molecule has 110 valence electrons. The highest BCUT2D eigenvalue weighted by atomic mass is 16.3. The van der Waals surface area contributed by atoms with Crippen molar-refractivity contribution in [2.24, 2.45) is 0 Å². The normalized spacial score (nSPS) is 19.0. The molecule has 1 aliphatic heterocycles. The van der Waals surface area contributed by atoms with Crippen LogP contribution in [0.5, 0.6) is 0 Å². The fraction of sp³-hybridized carbons (Fsp3) is 0.412. The van der Waals surface area contributed by atoms with Crippen molar-refractivity contribution in [2.75, 3.05) is 13.1 Å². The van der Waals surface area contributed by atoms with Gasteiger partial charge < -0.3 is 10.0 Å². The third-order valence-electron chi connectivity index (χ3n) is 4.07. The molecular weight excluding hydrogens is 264 g/mol. The Morgan fingerprint density at radius 1 is 1.33 bits per heavy atom. The monoisotopic (exact) mass is 284 g/mol. The third kappa shape index (κ3) is 2.76. The predicted molar refractivity (Wildman–Crippen MR) is 82.4 cm³/mol. The van der Waals surface area contributed by atoms with Gasteiger partial charge in [-0.05, 0) is 44.9 Å². The Kier molecular flexibility index (Phi) is 3.64. The maximum atomic E-state index is 12.7. The predicted octanol–water partition coefficient (Wildman–Crippen LogP) is 2.45. The number of aliphatic hydroxyl groups is 1. The van der Waals surface area contributed by atoms with Crippen molar-refractivity contribution in [3.8, 4) is 0 Å². The zero-order chi connectivity index (χ0) is 15.0. The highest BCUT2D eigenvalue weighted by Crippen LogP contribution is 2.21. The molecule has 4 heteroatoms. The van der Waals surface area contributed by atoms with Crippen LogP contribution >= 0.6 is 0 Å². The van der Waals surface area contributed by atoms with Crippen molar-refractivity contribution >= 4 is 16.8 Å². The number of carbonyl (C=O) groups excluding carboxylic acids is 1. The van der Waals surface area contributed by atoms with E-state index in [1.54, 1.807) is 4.90 Å². The lowest BCUT2D eigenvalue weighted by molar-refractivity contribution is 0.0473. The van der Waals surface area contributed by atoms with E-state index in [1.165, 1.54) is 0 Å². The van der Waals surface area contributed by atoms with Gasteiger partial charge in [-0.2, -0.15) is 0 Å². The second kappa shape index (κ2) is 5.45. The van der Waals surface area contributed by atoms with Crippen molar-refractivity contribution in [1.29, 1.82) is 0 Å².